The number of benzene rings is 2. The lowest BCUT2D eigenvalue weighted by Crippen LogP contribution is -1.85. The summed E-state index contributed by atoms with van der Waals surface area (Å²) in [6.45, 7) is 6.05. The minimum absolute atomic E-state index is 0.810. The third-order valence-electron chi connectivity index (χ3n) is 2.32. The molecule has 2 aromatic carbocycles. The van der Waals surface area contributed by atoms with Crippen molar-refractivity contribution in [3.63, 3.8) is 0 Å². The number of methoxy groups -OCH3 is 1. The number of hydrogen-bond donors (Lipinski definition) is 0. The van der Waals surface area contributed by atoms with E-state index in [4.69, 9.17) is 9.47 Å². The van der Waals surface area contributed by atoms with E-state index in [0.29, 0.717) is 0 Å². The molecule has 0 aromatic heterocycles. The first kappa shape index (κ1) is 14.1. The lowest BCUT2D eigenvalue weighted by molar-refractivity contribution is 0.413. The maximum Gasteiger partial charge on any atom is 0.127 e. The number of aryl methyl sites for hydroxylation is 1. The zero-order valence-corrected chi connectivity index (χ0v) is 11.4. The van der Waals surface area contributed by atoms with Gasteiger partial charge in [0.15, 0.2) is 0 Å². The Hall–Kier alpha value is -1.96. The Morgan fingerprint density at radius 2 is 1.06 bits per heavy atom. The molecule has 0 N–H and O–H groups in total. The minimum atomic E-state index is 0.810. The van der Waals surface area contributed by atoms with Crippen molar-refractivity contribution in [2.75, 3.05) is 7.11 Å². The van der Waals surface area contributed by atoms with Crippen LogP contribution in [-0.4, -0.2) is 7.11 Å². The van der Waals surface area contributed by atoms with Gasteiger partial charge in [-0.2, -0.15) is 0 Å². The minimum Gasteiger partial charge on any atom is -0.497 e. The largest absolute Gasteiger partial charge is 0.497 e. The second kappa shape index (κ2) is 7.38. The summed E-state index contributed by atoms with van der Waals surface area (Å²) < 4.78 is 10.8. The molecule has 0 saturated heterocycles. The summed E-state index contributed by atoms with van der Waals surface area (Å²) in [5.41, 5.74) is 1.22. The van der Waals surface area contributed by atoms with E-state index in [0.717, 1.165) is 17.2 Å². The van der Waals surface area contributed by atoms with Crippen molar-refractivity contribution in [1.29, 1.82) is 0 Å². The Labute approximate surface area is 109 Å². The molecule has 2 aromatic rings. The monoisotopic (exact) mass is 244 g/mol. The molecule has 18 heavy (non-hydrogen) atoms. The fourth-order valence-corrected chi connectivity index (χ4v) is 1.39. The first-order valence-corrected chi connectivity index (χ1v) is 6.16. The lowest BCUT2D eigenvalue weighted by Gasteiger charge is -2.06. The van der Waals surface area contributed by atoms with E-state index < -0.39 is 0 Å². The summed E-state index contributed by atoms with van der Waals surface area (Å²) >= 11 is 0. The first-order chi connectivity index (χ1) is 8.78. The molecule has 0 aliphatic carbocycles. The second-order valence-corrected chi connectivity index (χ2v) is 3.59. The van der Waals surface area contributed by atoms with Crippen molar-refractivity contribution in [2.24, 2.45) is 0 Å². The first-order valence-electron chi connectivity index (χ1n) is 6.16. The molecule has 0 spiro atoms. The fraction of sp³-hybridized carbons (Fsp3) is 0.250. The molecular weight excluding hydrogens is 224 g/mol. The predicted molar refractivity (Wildman–Crippen MR) is 75.6 cm³/mol. The zero-order chi connectivity index (χ0) is 13.4. The van der Waals surface area contributed by atoms with Crippen LogP contribution in [-0.2, 0) is 0 Å². The van der Waals surface area contributed by atoms with Crippen LogP contribution < -0.4 is 9.47 Å². The van der Waals surface area contributed by atoms with Gasteiger partial charge < -0.3 is 9.47 Å². The van der Waals surface area contributed by atoms with Gasteiger partial charge in [-0.05, 0) is 43.3 Å². The Kier molecular flexibility index (Phi) is 5.78. The molecule has 2 nitrogen and oxygen atoms in total. The van der Waals surface area contributed by atoms with Gasteiger partial charge >= 0.3 is 0 Å². The van der Waals surface area contributed by atoms with Gasteiger partial charge in [-0.15, -0.1) is 0 Å². The molecule has 0 atom stereocenters. The molecular formula is C16H20O2. The third kappa shape index (κ3) is 4.13. The molecule has 2 rings (SSSR count). The van der Waals surface area contributed by atoms with Crippen molar-refractivity contribution in [1.82, 2.24) is 0 Å². The Bertz CT molecular complexity index is 444. The van der Waals surface area contributed by atoms with Crippen LogP contribution in [0.4, 0.5) is 0 Å². The second-order valence-electron chi connectivity index (χ2n) is 3.59. The van der Waals surface area contributed by atoms with Crippen molar-refractivity contribution in [3.05, 3.63) is 54.1 Å². The van der Waals surface area contributed by atoms with Gasteiger partial charge in [-0.1, -0.05) is 31.5 Å². The van der Waals surface area contributed by atoms with Crippen LogP contribution in [0, 0.1) is 6.92 Å². The average molecular weight is 244 g/mol. The molecule has 96 valence electrons. The molecule has 0 unspecified atom stereocenters. The molecule has 0 saturated carbocycles. The SMILES string of the molecule is CC.COc1ccc(Oc2ccc(C)cc2)cc1. The van der Waals surface area contributed by atoms with Crippen LogP contribution in [0.25, 0.3) is 0 Å². The van der Waals surface area contributed by atoms with Gasteiger partial charge in [0, 0.05) is 0 Å². The van der Waals surface area contributed by atoms with Gasteiger partial charge in [-0.3, -0.25) is 0 Å². The standard InChI is InChI=1S/C14H14O2.C2H6/c1-11-3-5-13(6-4-11)16-14-9-7-12(15-2)8-10-14;1-2/h3-10H,1-2H3;1-2H3. The van der Waals surface area contributed by atoms with E-state index in [9.17, 15) is 0 Å². The van der Waals surface area contributed by atoms with Gasteiger partial charge in [0.2, 0.25) is 0 Å². The van der Waals surface area contributed by atoms with Crippen LogP contribution in [0.2, 0.25) is 0 Å². The topological polar surface area (TPSA) is 18.5 Å². The Morgan fingerprint density at radius 1 is 0.667 bits per heavy atom. The highest BCUT2D eigenvalue weighted by atomic mass is 16.5. The molecule has 0 aliphatic rings. The van der Waals surface area contributed by atoms with Gasteiger partial charge in [-0.25, -0.2) is 0 Å². The van der Waals surface area contributed by atoms with E-state index in [-0.39, 0.29) is 0 Å². The molecule has 0 bridgehead atoms. The van der Waals surface area contributed by atoms with Crippen LogP contribution in [0.15, 0.2) is 48.5 Å². The summed E-state index contributed by atoms with van der Waals surface area (Å²) in [5, 5.41) is 0. The number of ether oxygens (including phenoxy) is 2. The van der Waals surface area contributed by atoms with E-state index in [1.54, 1.807) is 7.11 Å². The summed E-state index contributed by atoms with van der Waals surface area (Å²) in [7, 11) is 1.65. The fourth-order valence-electron chi connectivity index (χ4n) is 1.39. The molecule has 0 radical (unpaired) electrons. The summed E-state index contributed by atoms with van der Waals surface area (Å²) in [4.78, 5) is 0. The van der Waals surface area contributed by atoms with Crippen LogP contribution in [0.3, 0.4) is 0 Å². The highest BCUT2D eigenvalue weighted by Crippen LogP contribution is 2.23. The van der Waals surface area contributed by atoms with E-state index >= 15 is 0 Å². The summed E-state index contributed by atoms with van der Waals surface area (Å²) in [5.74, 6) is 2.48. The maximum atomic E-state index is 5.68. The lowest BCUT2D eigenvalue weighted by atomic mass is 10.2. The van der Waals surface area contributed by atoms with Gasteiger partial charge in [0.25, 0.3) is 0 Å². The van der Waals surface area contributed by atoms with E-state index in [1.807, 2.05) is 62.4 Å². The van der Waals surface area contributed by atoms with Gasteiger partial charge in [0.05, 0.1) is 7.11 Å². The average Bonchev–Trinajstić information content (AvgIpc) is 2.44. The molecule has 0 aliphatic heterocycles. The highest BCUT2D eigenvalue weighted by molar-refractivity contribution is 5.36. The molecule has 0 fully saturated rings. The van der Waals surface area contributed by atoms with Crippen LogP contribution in [0.5, 0.6) is 17.2 Å². The normalized spacial score (nSPS) is 9.11. The summed E-state index contributed by atoms with van der Waals surface area (Å²) in [6.07, 6.45) is 0. The van der Waals surface area contributed by atoms with Crippen molar-refractivity contribution < 1.29 is 9.47 Å². The molecule has 0 heterocycles. The number of rotatable bonds is 3. The zero-order valence-electron chi connectivity index (χ0n) is 11.4. The van der Waals surface area contributed by atoms with Crippen LogP contribution in [0.1, 0.15) is 19.4 Å². The summed E-state index contributed by atoms with van der Waals surface area (Å²) in [6, 6.07) is 15.5. The van der Waals surface area contributed by atoms with Crippen LogP contribution >= 0.6 is 0 Å². The van der Waals surface area contributed by atoms with Crippen molar-refractivity contribution >= 4 is 0 Å². The van der Waals surface area contributed by atoms with E-state index in [1.165, 1.54) is 5.56 Å². The van der Waals surface area contributed by atoms with E-state index in [2.05, 4.69) is 6.92 Å². The van der Waals surface area contributed by atoms with Crippen molar-refractivity contribution in [3.8, 4) is 17.2 Å². The Morgan fingerprint density at radius 3 is 1.50 bits per heavy atom. The Balaban J connectivity index is 0.000000771. The predicted octanol–water partition coefficient (Wildman–Crippen LogP) is 4.82. The van der Waals surface area contributed by atoms with Gasteiger partial charge in [0.1, 0.15) is 17.2 Å². The number of hydrogen-bond acceptors (Lipinski definition) is 2. The smallest absolute Gasteiger partial charge is 0.127 e. The molecule has 2 heteroatoms. The third-order valence-corrected chi connectivity index (χ3v) is 2.32. The quantitative estimate of drug-likeness (QED) is 0.770. The molecule has 0 amide bonds. The van der Waals surface area contributed by atoms with Crippen molar-refractivity contribution in [2.45, 2.75) is 20.8 Å². The highest BCUT2D eigenvalue weighted by Gasteiger charge is 1.97. The maximum absolute atomic E-state index is 5.68.